The molecule has 0 saturated heterocycles. The van der Waals surface area contributed by atoms with Gasteiger partial charge in [-0.15, -0.1) is 0 Å². The summed E-state index contributed by atoms with van der Waals surface area (Å²) >= 11 is 0. The van der Waals surface area contributed by atoms with Gasteiger partial charge in [0.1, 0.15) is 6.61 Å². The van der Waals surface area contributed by atoms with Crippen LogP contribution in [0.2, 0.25) is 0 Å². The summed E-state index contributed by atoms with van der Waals surface area (Å²) < 4.78 is 9.86. The number of fused-ring (bicyclic) bond motifs is 1. The summed E-state index contributed by atoms with van der Waals surface area (Å²) in [7, 11) is 1.94. The summed E-state index contributed by atoms with van der Waals surface area (Å²) in [6, 6.07) is 2.45. The Morgan fingerprint density at radius 2 is 2.24 bits per heavy atom. The van der Waals surface area contributed by atoms with E-state index >= 15 is 0 Å². The minimum absolute atomic E-state index is 0.173. The van der Waals surface area contributed by atoms with E-state index in [0.717, 1.165) is 25.3 Å². The zero-order chi connectivity index (χ0) is 17.2. The number of imidazole rings is 1. The Hall–Kier alpha value is -2.74. The topological polar surface area (TPSA) is 73.9 Å². The highest BCUT2D eigenvalue weighted by Gasteiger charge is 2.26. The van der Waals surface area contributed by atoms with Gasteiger partial charge in [0, 0.05) is 56.5 Å². The lowest BCUT2D eigenvalue weighted by Crippen LogP contribution is -2.39. The number of aromatic nitrogens is 6. The van der Waals surface area contributed by atoms with Crippen LogP contribution < -0.4 is 4.74 Å². The van der Waals surface area contributed by atoms with Gasteiger partial charge in [0.15, 0.2) is 0 Å². The Morgan fingerprint density at radius 3 is 3.04 bits per heavy atom. The van der Waals surface area contributed by atoms with E-state index in [9.17, 15) is 0 Å². The Balaban J connectivity index is 1.46. The average Bonchev–Trinajstić information content (AvgIpc) is 3.21. The lowest BCUT2D eigenvalue weighted by atomic mass is 10.2. The SMILES string of the molecule is Cc1ccnc(OCC2CN(Cc3cnn(C)c3)Cc3cncn32)n1. The molecule has 0 amide bonds. The summed E-state index contributed by atoms with van der Waals surface area (Å²) in [4.78, 5) is 15.2. The van der Waals surface area contributed by atoms with Crippen LogP contribution in [-0.4, -0.2) is 47.4 Å². The Morgan fingerprint density at radius 1 is 1.32 bits per heavy atom. The van der Waals surface area contributed by atoms with Gasteiger partial charge in [-0.3, -0.25) is 9.58 Å². The van der Waals surface area contributed by atoms with Crippen molar-refractivity contribution in [2.75, 3.05) is 13.2 Å². The number of ether oxygens (including phenoxy) is 1. The molecule has 1 aliphatic heterocycles. The van der Waals surface area contributed by atoms with Crippen molar-refractivity contribution in [3.05, 3.63) is 54.1 Å². The quantitative estimate of drug-likeness (QED) is 0.699. The molecule has 8 nitrogen and oxygen atoms in total. The van der Waals surface area contributed by atoms with Crippen molar-refractivity contribution in [3.8, 4) is 6.01 Å². The summed E-state index contributed by atoms with van der Waals surface area (Å²) in [5.74, 6) is 0. The first-order chi connectivity index (χ1) is 12.2. The minimum atomic E-state index is 0.173. The molecule has 0 spiro atoms. The van der Waals surface area contributed by atoms with Gasteiger partial charge in [-0.2, -0.15) is 5.10 Å². The van der Waals surface area contributed by atoms with Crippen LogP contribution in [0, 0.1) is 6.92 Å². The molecule has 0 saturated carbocycles. The predicted octanol–water partition coefficient (Wildman–Crippen LogP) is 1.35. The highest BCUT2D eigenvalue weighted by molar-refractivity contribution is 5.09. The molecule has 4 rings (SSSR count). The van der Waals surface area contributed by atoms with Crippen molar-refractivity contribution >= 4 is 0 Å². The second-order valence-corrected chi connectivity index (χ2v) is 6.43. The highest BCUT2D eigenvalue weighted by Crippen LogP contribution is 2.23. The standard InChI is InChI=1S/C17H21N7O/c1-13-3-4-19-17(21-13)25-11-16-10-23(8-14-5-20-22(2)7-14)9-15-6-18-12-24(15)16/h3-7,12,16H,8-11H2,1-2H3. The second-order valence-electron chi connectivity index (χ2n) is 6.43. The maximum absolute atomic E-state index is 5.84. The largest absolute Gasteiger partial charge is 0.461 e. The van der Waals surface area contributed by atoms with Gasteiger partial charge in [-0.25, -0.2) is 15.0 Å². The minimum Gasteiger partial charge on any atom is -0.461 e. The monoisotopic (exact) mass is 339 g/mol. The molecule has 1 atom stereocenters. The molecule has 130 valence electrons. The third kappa shape index (κ3) is 3.53. The molecule has 1 unspecified atom stereocenters. The molecule has 3 aromatic rings. The van der Waals surface area contributed by atoms with Gasteiger partial charge in [0.05, 0.1) is 24.3 Å². The summed E-state index contributed by atoms with van der Waals surface area (Å²) in [6.07, 6.45) is 9.49. The number of hydrogen-bond acceptors (Lipinski definition) is 6. The first-order valence-corrected chi connectivity index (χ1v) is 8.30. The van der Waals surface area contributed by atoms with Crippen LogP contribution in [0.25, 0.3) is 0 Å². The average molecular weight is 339 g/mol. The molecule has 4 heterocycles. The van der Waals surface area contributed by atoms with Crippen LogP contribution in [0.4, 0.5) is 0 Å². The Kier molecular flexibility index (Phi) is 4.19. The van der Waals surface area contributed by atoms with E-state index in [-0.39, 0.29) is 6.04 Å². The molecule has 1 aliphatic rings. The van der Waals surface area contributed by atoms with E-state index in [4.69, 9.17) is 4.74 Å². The molecule has 0 N–H and O–H groups in total. The fourth-order valence-corrected chi connectivity index (χ4v) is 3.19. The zero-order valence-corrected chi connectivity index (χ0v) is 14.4. The molecule has 0 aromatic carbocycles. The van der Waals surface area contributed by atoms with Crippen LogP contribution >= 0.6 is 0 Å². The fraction of sp³-hybridized carbons (Fsp3) is 0.412. The van der Waals surface area contributed by atoms with E-state index in [1.54, 1.807) is 6.20 Å². The summed E-state index contributed by atoms with van der Waals surface area (Å²) in [5.41, 5.74) is 3.29. The van der Waals surface area contributed by atoms with Gasteiger partial charge in [0.25, 0.3) is 0 Å². The first-order valence-electron chi connectivity index (χ1n) is 8.30. The Labute approximate surface area is 146 Å². The van der Waals surface area contributed by atoms with Crippen molar-refractivity contribution in [1.82, 2.24) is 34.2 Å². The zero-order valence-electron chi connectivity index (χ0n) is 14.4. The van der Waals surface area contributed by atoms with Crippen molar-refractivity contribution < 1.29 is 4.74 Å². The van der Waals surface area contributed by atoms with E-state index < -0.39 is 0 Å². The van der Waals surface area contributed by atoms with Crippen molar-refractivity contribution in [2.24, 2.45) is 7.05 Å². The first kappa shape index (κ1) is 15.8. The molecule has 0 radical (unpaired) electrons. The van der Waals surface area contributed by atoms with E-state index in [2.05, 4.69) is 35.7 Å². The van der Waals surface area contributed by atoms with Crippen molar-refractivity contribution in [3.63, 3.8) is 0 Å². The molecule has 25 heavy (non-hydrogen) atoms. The molecule has 8 heteroatoms. The summed E-state index contributed by atoms with van der Waals surface area (Å²) in [5, 5.41) is 4.25. The lowest BCUT2D eigenvalue weighted by Gasteiger charge is -2.33. The van der Waals surface area contributed by atoms with Crippen LogP contribution in [0.15, 0.2) is 37.2 Å². The van der Waals surface area contributed by atoms with Gasteiger partial charge in [-0.1, -0.05) is 0 Å². The van der Waals surface area contributed by atoms with Gasteiger partial charge < -0.3 is 9.30 Å². The second kappa shape index (κ2) is 6.64. The number of hydrogen-bond donors (Lipinski definition) is 0. The molecule has 0 bridgehead atoms. The summed E-state index contributed by atoms with van der Waals surface area (Å²) in [6.45, 7) is 5.04. The normalized spacial score (nSPS) is 17.4. The number of aryl methyl sites for hydroxylation is 2. The van der Waals surface area contributed by atoms with Gasteiger partial charge in [-0.05, 0) is 13.0 Å². The lowest BCUT2D eigenvalue weighted by molar-refractivity contribution is 0.132. The number of rotatable bonds is 5. The van der Waals surface area contributed by atoms with Crippen LogP contribution in [-0.2, 0) is 20.1 Å². The van der Waals surface area contributed by atoms with E-state index in [0.29, 0.717) is 12.6 Å². The molecule has 0 fully saturated rings. The van der Waals surface area contributed by atoms with E-state index in [1.165, 1.54) is 11.3 Å². The molecular weight excluding hydrogens is 318 g/mol. The fourth-order valence-electron chi connectivity index (χ4n) is 3.19. The molecule has 3 aromatic heterocycles. The maximum Gasteiger partial charge on any atom is 0.316 e. The Bertz CT molecular complexity index is 856. The number of nitrogens with zero attached hydrogens (tertiary/aromatic N) is 7. The third-order valence-corrected chi connectivity index (χ3v) is 4.34. The van der Waals surface area contributed by atoms with Crippen molar-refractivity contribution in [2.45, 2.75) is 26.1 Å². The van der Waals surface area contributed by atoms with Crippen LogP contribution in [0.1, 0.15) is 23.0 Å². The van der Waals surface area contributed by atoms with E-state index in [1.807, 2.05) is 43.4 Å². The predicted molar refractivity (Wildman–Crippen MR) is 90.9 cm³/mol. The van der Waals surface area contributed by atoms with Gasteiger partial charge >= 0.3 is 6.01 Å². The van der Waals surface area contributed by atoms with Crippen LogP contribution in [0.3, 0.4) is 0 Å². The highest BCUT2D eigenvalue weighted by atomic mass is 16.5. The molecular formula is C17H21N7O. The van der Waals surface area contributed by atoms with Crippen molar-refractivity contribution in [1.29, 1.82) is 0 Å². The third-order valence-electron chi connectivity index (χ3n) is 4.34. The smallest absolute Gasteiger partial charge is 0.316 e. The van der Waals surface area contributed by atoms with Gasteiger partial charge in [0.2, 0.25) is 0 Å². The maximum atomic E-state index is 5.84. The molecule has 0 aliphatic carbocycles. The van der Waals surface area contributed by atoms with Crippen LogP contribution in [0.5, 0.6) is 6.01 Å².